The molecule has 0 saturated carbocycles. The van der Waals surface area contributed by atoms with Gasteiger partial charge in [0.25, 0.3) is 0 Å². The first kappa shape index (κ1) is 18.4. The number of nitrogens with one attached hydrogen (secondary N) is 1. The minimum Gasteiger partial charge on any atom is -0.301 e. The fourth-order valence-corrected chi connectivity index (χ4v) is 4.51. The number of thiazole rings is 1. The maximum atomic E-state index is 12.4. The number of carbonyl (C=O) groups is 1. The van der Waals surface area contributed by atoms with Crippen LogP contribution >= 0.6 is 23.1 Å². The molecule has 0 atom stereocenters. The summed E-state index contributed by atoms with van der Waals surface area (Å²) in [5.74, 6) is -0.00986. The maximum absolute atomic E-state index is 12.4. The van der Waals surface area contributed by atoms with Crippen molar-refractivity contribution in [1.82, 2.24) is 9.97 Å². The van der Waals surface area contributed by atoms with E-state index in [2.05, 4.69) is 21.4 Å². The van der Waals surface area contributed by atoms with E-state index in [1.54, 1.807) is 0 Å². The number of nitriles is 1. The summed E-state index contributed by atoms with van der Waals surface area (Å²) in [6.45, 7) is 4.05. The highest BCUT2D eigenvalue weighted by Gasteiger charge is 2.13. The van der Waals surface area contributed by atoms with Gasteiger partial charge < -0.3 is 5.32 Å². The van der Waals surface area contributed by atoms with Gasteiger partial charge in [0.05, 0.1) is 27.0 Å². The van der Waals surface area contributed by atoms with E-state index in [0.717, 1.165) is 32.2 Å². The minimum atomic E-state index is -0.171. The Morgan fingerprint density at radius 1 is 1.21 bits per heavy atom. The third-order valence-corrected chi connectivity index (χ3v) is 6.42. The van der Waals surface area contributed by atoms with Crippen LogP contribution in [-0.2, 0) is 4.79 Å². The first-order valence-corrected chi connectivity index (χ1v) is 10.4. The first-order valence-electron chi connectivity index (χ1n) is 8.64. The van der Waals surface area contributed by atoms with Crippen LogP contribution in [0.4, 0.5) is 5.13 Å². The number of pyridine rings is 1. The fraction of sp³-hybridized carbons (Fsp3) is 0.143. The van der Waals surface area contributed by atoms with Crippen LogP contribution in [0, 0.1) is 25.2 Å². The molecule has 0 aliphatic carbocycles. The minimum absolute atomic E-state index is 0.161. The van der Waals surface area contributed by atoms with Crippen molar-refractivity contribution < 1.29 is 4.79 Å². The average molecular weight is 405 g/mol. The predicted molar refractivity (Wildman–Crippen MR) is 115 cm³/mol. The highest BCUT2D eigenvalue weighted by molar-refractivity contribution is 8.00. The van der Waals surface area contributed by atoms with E-state index in [4.69, 9.17) is 0 Å². The van der Waals surface area contributed by atoms with Crippen LogP contribution in [0.3, 0.4) is 0 Å². The van der Waals surface area contributed by atoms with Crippen LogP contribution in [0.15, 0.2) is 47.5 Å². The largest absolute Gasteiger partial charge is 0.301 e. The third kappa shape index (κ3) is 3.57. The van der Waals surface area contributed by atoms with E-state index < -0.39 is 0 Å². The predicted octanol–water partition coefficient (Wildman–Crippen LogP) is 5.06. The molecule has 5 nitrogen and oxygen atoms in total. The van der Waals surface area contributed by atoms with E-state index in [1.807, 2.05) is 56.3 Å². The van der Waals surface area contributed by atoms with Crippen molar-refractivity contribution in [3.05, 3.63) is 59.2 Å². The molecule has 0 fully saturated rings. The number of nitrogens with zero attached hydrogens (tertiary/aromatic N) is 3. The molecule has 4 rings (SSSR count). The van der Waals surface area contributed by atoms with Gasteiger partial charge in [-0.05, 0) is 43.2 Å². The number of carbonyl (C=O) groups excluding carboxylic acids is 1. The number of hydrogen-bond acceptors (Lipinski definition) is 6. The summed E-state index contributed by atoms with van der Waals surface area (Å²) in [4.78, 5) is 21.5. The molecule has 4 aromatic rings. The summed E-state index contributed by atoms with van der Waals surface area (Å²) < 4.78 is 1.03. The summed E-state index contributed by atoms with van der Waals surface area (Å²) in [5.41, 5.74) is 4.45. The Bertz CT molecular complexity index is 1220. The highest BCUT2D eigenvalue weighted by atomic mass is 32.2. The molecule has 2 aromatic heterocycles. The number of rotatable bonds is 4. The number of para-hydroxylation sites is 1. The molecule has 1 N–H and O–H groups in total. The summed E-state index contributed by atoms with van der Waals surface area (Å²) >= 11 is 2.71. The van der Waals surface area contributed by atoms with Crippen molar-refractivity contribution in [3.63, 3.8) is 0 Å². The molecule has 0 saturated heterocycles. The number of thioether (sulfide) groups is 1. The monoisotopic (exact) mass is 404 g/mol. The van der Waals surface area contributed by atoms with Gasteiger partial charge in [-0.3, -0.25) is 4.79 Å². The lowest BCUT2D eigenvalue weighted by molar-refractivity contribution is -0.113. The number of anilines is 1. The molecule has 28 heavy (non-hydrogen) atoms. The number of benzene rings is 2. The van der Waals surface area contributed by atoms with Crippen LogP contribution in [0.1, 0.15) is 16.7 Å². The second-order valence-corrected chi connectivity index (χ2v) is 8.35. The van der Waals surface area contributed by atoms with Gasteiger partial charge in [0, 0.05) is 5.39 Å². The molecule has 2 heterocycles. The molecule has 0 aliphatic rings. The number of amides is 1. The van der Waals surface area contributed by atoms with Crippen molar-refractivity contribution in [2.75, 3.05) is 11.1 Å². The lowest BCUT2D eigenvalue weighted by Crippen LogP contribution is -2.14. The van der Waals surface area contributed by atoms with Crippen molar-refractivity contribution in [2.45, 2.75) is 18.9 Å². The summed E-state index contributed by atoms with van der Waals surface area (Å²) in [6.07, 6.45) is 0. The van der Waals surface area contributed by atoms with Crippen LogP contribution in [0.2, 0.25) is 0 Å². The zero-order chi connectivity index (χ0) is 19.7. The Morgan fingerprint density at radius 3 is 2.82 bits per heavy atom. The standard InChI is InChI=1S/C21H16N4OS2/c1-12-7-8-14-9-15(10-22)20(25-19(14)13(12)2)27-11-18(26)24-21-23-16-5-3-4-6-17(16)28-21/h3-9H,11H2,1-2H3,(H,23,24,26). The summed E-state index contributed by atoms with van der Waals surface area (Å²) in [5, 5.41) is 14.4. The molecule has 138 valence electrons. The molecule has 0 aliphatic heterocycles. The van der Waals surface area contributed by atoms with Gasteiger partial charge in [-0.1, -0.05) is 47.4 Å². The first-order chi connectivity index (χ1) is 13.5. The molecule has 0 radical (unpaired) electrons. The van der Waals surface area contributed by atoms with Gasteiger partial charge in [-0.25, -0.2) is 9.97 Å². The molecular weight excluding hydrogens is 388 g/mol. The third-order valence-electron chi connectivity index (χ3n) is 4.48. The Kier molecular flexibility index (Phi) is 4.99. The van der Waals surface area contributed by atoms with Crippen LogP contribution < -0.4 is 5.32 Å². The van der Waals surface area contributed by atoms with Gasteiger partial charge in [0.15, 0.2) is 5.13 Å². The quantitative estimate of drug-likeness (QED) is 0.481. The van der Waals surface area contributed by atoms with Crippen LogP contribution in [0.25, 0.3) is 21.1 Å². The normalized spacial score (nSPS) is 10.9. The molecule has 2 aromatic carbocycles. The molecular formula is C21H16N4OS2. The van der Waals surface area contributed by atoms with E-state index in [9.17, 15) is 10.1 Å². The summed E-state index contributed by atoms with van der Waals surface area (Å²) in [6, 6.07) is 15.8. The fourth-order valence-electron chi connectivity index (χ4n) is 2.87. The van der Waals surface area contributed by atoms with Crippen LogP contribution in [0.5, 0.6) is 0 Å². The lowest BCUT2D eigenvalue weighted by Gasteiger charge is -2.09. The lowest BCUT2D eigenvalue weighted by atomic mass is 10.0. The summed E-state index contributed by atoms with van der Waals surface area (Å²) in [7, 11) is 0. The number of hydrogen-bond donors (Lipinski definition) is 1. The molecule has 0 unspecified atom stereocenters. The van der Waals surface area contributed by atoms with Crippen molar-refractivity contribution in [3.8, 4) is 6.07 Å². The zero-order valence-corrected chi connectivity index (χ0v) is 16.9. The average Bonchev–Trinajstić information content (AvgIpc) is 3.11. The van der Waals surface area contributed by atoms with Gasteiger partial charge >= 0.3 is 0 Å². The van der Waals surface area contributed by atoms with E-state index >= 15 is 0 Å². The number of fused-ring (bicyclic) bond motifs is 2. The Hall–Kier alpha value is -2.95. The number of aromatic nitrogens is 2. The Labute approximate surface area is 170 Å². The van der Waals surface area contributed by atoms with Crippen LogP contribution in [-0.4, -0.2) is 21.6 Å². The van der Waals surface area contributed by atoms with Gasteiger partial charge in [0.2, 0.25) is 5.91 Å². The van der Waals surface area contributed by atoms with E-state index in [1.165, 1.54) is 23.1 Å². The van der Waals surface area contributed by atoms with Crippen molar-refractivity contribution in [2.24, 2.45) is 0 Å². The molecule has 0 spiro atoms. The zero-order valence-electron chi connectivity index (χ0n) is 15.3. The van der Waals surface area contributed by atoms with Crippen molar-refractivity contribution >= 4 is 55.3 Å². The van der Waals surface area contributed by atoms with Gasteiger partial charge in [0.1, 0.15) is 11.1 Å². The topological polar surface area (TPSA) is 78.7 Å². The molecule has 0 bridgehead atoms. The SMILES string of the molecule is Cc1ccc2cc(C#N)c(SCC(=O)Nc3nc4ccccc4s3)nc2c1C. The number of aryl methyl sites for hydroxylation is 2. The van der Waals surface area contributed by atoms with E-state index in [0.29, 0.717) is 15.7 Å². The van der Waals surface area contributed by atoms with E-state index in [-0.39, 0.29) is 11.7 Å². The molecule has 1 amide bonds. The van der Waals surface area contributed by atoms with Gasteiger partial charge in [-0.2, -0.15) is 5.26 Å². The Morgan fingerprint density at radius 2 is 2.04 bits per heavy atom. The van der Waals surface area contributed by atoms with Crippen molar-refractivity contribution in [1.29, 1.82) is 5.26 Å². The Balaban J connectivity index is 1.53. The molecule has 7 heteroatoms. The maximum Gasteiger partial charge on any atom is 0.236 e. The smallest absolute Gasteiger partial charge is 0.236 e. The highest BCUT2D eigenvalue weighted by Crippen LogP contribution is 2.29. The van der Waals surface area contributed by atoms with Gasteiger partial charge in [-0.15, -0.1) is 0 Å². The second kappa shape index (κ2) is 7.58. The second-order valence-electron chi connectivity index (χ2n) is 6.36.